The Kier molecular flexibility index (Phi) is 2.98. The highest BCUT2D eigenvalue weighted by molar-refractivity contribution is 5.90. The number of para-hydroxylation sites is 1. The molecule has 0 saturated carbocycles. The standard InChI is InChI=1S/C20H16FNO/c1-11-7-8-12(2)18-14(11)9-10-17(22-18)19-13(3)15-5-4-6-16(21)20(15)23-19/h4-10H,1-3H3. The molecule has 114 valence electrons. The van der Waals surface area contributed by atoms with Crippen molar-refractivity contribution in [1.82, 2.24) is 4.98 Å². The van der Waals surface area contributed by atoms with Crippen LogP contribution in [0.25, 0.3) is 33.3 Å². The molecule has 0 fully saturated rings. The minimum atomic E-state index is -0.343. The summed E-state index contributed by atoms with van der Waals surface area (Å²) in [6.07, 6.45) is 0. The zero-order valence-electron chi connectivity index (χ0n) is 13.3. The molecule has 4 aromatic rings. The summed E-state index contributed by atoms with van der Waals surface area (Å²) in [6.45, 7) is 6.06. The Hall–Kier alpha value is -2.68. The van der Waals surface area contributed by atoms with Crippen molar-refractivity contribution in [3.8, 4) is 11.5 Å². The van der Waals surface area contributed by atoms with Crippen LogP contribution in [0.2, 0.25) is 0 Å². The molecule has 2 aromatic heterocycles. The van der Waals surface area contributed by atoms with Crippen molar-refractivity contribution >= 4 is 21.9 Å². The largest absolute Gasteiger partial charge is 0.451 e. The van der Waals surface area contributed by atoms with Gasteiger partial charge in [0, 0.05) is 16.3 Å². The van der Waals surface area contributed by atoms with Gasteiger partial charge in [-0.2, -0.15) is 0 Å². The highest BCUT2D eigenvalue weighted by Crippen LogP contribution is 2.34. The van der Waals surface area contributed by atoms with Gasteiger partial charge >= 0.3 is 0 Å². The number of hydrogen-bond donors (Lipinski definition) is 0. The summed E-state index contributed by atoms with van der Waals surface area (Å²) in [4.78, 5) is 4.78. The van der Waals surface area contributed by atoms with Crippen molar-refractivity contribution in [3.63, 3.8) is 0 Å². The summed E-state index contributed by atoms with van der Waals surface area (Å²) >= 11 is 0. The molecule has 4 rings (SSSR count). The molecular formula is C20H16FNO. The molecule has 0 spiro atoms. The van der Waals surface area contributed by atoms with Gasteiger partial charge in [0.2, 0.25) is 0 Å². The first-order valence-electron chi connectivity index (χ1n) is 7.61. The second-order valence-electron chi connectivity index (χ2n) is 5.96. The highest BCUT2D eigenvalue weighted by atomic mass is 19.1. The molecule has 2 heterocycles. The number of halogens is 1. The topological polar surface area (TPSA) is 26.0 Å². The average molecular weight is 305 g/mol. The summed E-state index contributed by atoms with van der Waals surface area (Å²) in [6, 6.07) is 13.2. The molecule has 0 aliphatic rings. The quantitative estimate of drug-likeness (QED) is 0.450. The Labute approximate surface area is 133 Å². The minimum Gasteiger partial charge on any atom is -0.451 e. The highest BCUT2D eigenvalue weighted by Gasteiger charge is 2.16. The van der Waals surface area contributed by atoms with Gasteiger partial charge in [0.15, 0.2) is 17.2 Å². The number of pyridine rings is 1. The third-order valence-electron chi connectivity index (χ3n) is 4.43. The smallest absolute Gasteiger partial charge is 0.170 e. The second kappa shape index (κ2) is 4.92. The van der Waals surface area contributed by atoms with E-state index in [0.29, 0.717) is 11.3 Å². The van der Waals surface area contributed by atoms with Gasteiger partial charge in [0.05, 0.1) is 5.52 Å². The van der Waals surface area contributed by atoms with Crippen molar-refractivity contribution in [1.29, 1.82) is 0 Å². The van der Waals surface area contributed by atoms with E-state index in [0.717, 1.165) is 33.1 Å². The monoisotopic (exact) mass is 305 g/mol. The van der Waals surface area contributed by atoms with E-state index < -0.39 is 0 Å². The maximum absolute atomic E-state index is 14.0. The lowest BCUT2D eigenvalue weighted by Gasteiger charge is -2.07. The van der Waals surface area contributed by atoms with Crippen LogP contribution in [0.1, 0.15) is 16.7 Å². The van der Waals surface area contributed by atoms with Gasteiger partial charge in [0.25, 0.3) is 0 Å². The lowest BCUT2D eigenvalue weighted by Crippen LogP contribution is -1.90. The SMILES string of the molecule is Cc1ccc(C)c2nc(-c3oc4c(F)cccc4c3C)ccc12. The van der Waals surface area contributed by atoms with Gasteiger partial charge in [-0.3, -0.25) is 0 Å². The summed E-state index contributed by atoms with van der Waals surface area (Å²) in [5, 5.41) is 1.93. The van der Waals surface area contributed by atoms with Crippen molar-refractivity contribution in [2.45, 2.75) is 20.8 Å². The average Bonchev–Trinajstić information content (AvgIpc) is 2.90. The maximum atomic E-state index is 14.0. The van der Waals surface area contributed by atoms with E-state index >= 15 is 0 Å². The van der Waals surface area contributed by atoms with Gasteiger partial charge in [-0.15, -0.1) is 0 Å². The van der Waals surface area contributed by atoms with Crippen molar-refractivity contribution in [2.75, 3.05) is 0 Å². The van der Waals surface area contributed by atoms with Gasteiger partial charge in [-0.1, -0.05) is 30.3 Å². The van der Waals surface area contributed by atoms with E-state index in [2.05, 4.69) is 25.1 Å². The first-order valence-corrected chi connectivity index (χ1v) is 7.61. The molecule has 2 nitrogen and oxygen atoms in total. The van der Waals surface area contributed by atoms with Crippen LogP contribution < -0.4 is 0 Å². The van der Waals surface area contributed by atoms with Crippen LogP contribution in [0, 0.1) is 26.6 Å². The van der Waals surface area contributed by atoms with Crippen molar-refractivity contribution < 1.29 is 8.81 Å². The fourth-order valence-corrected chi connectivity index (χ4v) is 3.08. The minimum absolute atomic E-state index is 0.294. The molecular weight excluding hydrogens is 289 g/mol. The summed E-state index contributed by atoms with van der Waals surface area (Å²) < 4.78 is 19.7. The molecule has 0 amide bonds. The lowest BCUT2D eigenvalue weighted by atomic mass is 10.0. The fourth-order valence-electron chi connectivity index (χ4n) is 3.08. The van der Waals surface area contributed by atoms with Crippen LogP contribution in [0.15, 0.2) is 46.9 Å². The van der Waals surface area contributed by atoms with E-state index in [1.54, 1.807) is 6.07 Å². The lowest BCUT2D eigenvalue weighted by molar-refractivity contribution is 0.567. The van der Waals surface area contributed by atoms with E-state index in [4.69, 9.17) is 9.40 Å². The Bertz CT molecular complexity index is 1060. The number of aromatic nitrogens is 1. The van der Waals surface area contributed by atoms with Gasteiger partial charge in [-0.25, -0.2) is 9.37 Å². The number of nitrogens with zero attached hydrogens (tertiary/aromatic N) is 1. The Balaban J connectivity index is 2.01. The molecule has 0 unspecified atom stereocenters. The van der Waals surface area contributed by atoms with Crippen LogP contribution in [0.3, 0.4) is 0 Å². The predicted molar refractivity (Wildman–Crippen MR) is 91.1 cm³/mol. The Morgan fingerprint density at radius 2 is 1.65 bits per heavy atom. The van der Waals surface area contributed by atoms with E-state index in [-0.39, 0.29) is 5.82 Å². The fraction of sp³-hybridized carbons (Fsp3) is 0.150. The summed E-state index contributed by atoms with van der Waals surface area (Å²) in [5.41, 5.74) is 5.21. The molecule has 0 radical (unpaired) electrons. The molecule has 0 bridgehead atoms. The summed E-state index contributed by atoms with van der Waals surface area (Å²) in [5.74, 6) is 0.289. The maximum Gasteiger partial charge on any atom is 0.170 e. The molecule has 0 aliphatic heterocycles. The zero-order chi connectivity index (χ0) is 16.1. The predicted octanol–water partition coefficient (Wildman–Crippen LogP) is 5.71. The molecule has 2 aromatic carbocycles. The Morgan fingerprint density at radius 3 is 2.43 bits per heavy atom. The van der Waals surface area contributed by atoms with E-state index in [9.17, 15) is 4.39 Å². The molecule has 0 aliphatic carbocycles. The van der Waals surface area contributed by atoms with Crippen LogP contribution in [-0.4, -0.2) is 4.98 Å². The summed E-state index contributed by atoms with van der Waals surface area (Å²) in [7, 11) is 0. The van der Waals surface area contributed by atoms with Gasteiger partial charge in [0.1, 0.15) is 5.69 Å². The first kappa shape index (κ1) is 13.9. The molecule has 23 heavy (non-hydrogen) atoms. The number of fused-ring (bicyclic) bond motifs is 2. The van der Waals surface area contributed by atoms with Gasteiger partial charge < -0.3 is 4.42 Å². The second-order valence-corrected chi connectivity index (χ2v) is 5.96. The number of benzene rings is 2. The van der Waals surface area contributed by atoms with Crippen LogP contribution in [0.4, 0.5) is 4.39 Å². The molecule has 3 heteroatoms. The van der Waals surface area contributed by atoms with Crippen LogP contribution in [-0.2, 0) is 0 Å². The number of hydrogen-bond acceptors (Lipinski definition) is 2. The molecule has 0 saturated heterocycles. The number of furan rings is 1. The van der Waals surface area contributed by atoms with Crippen LogP contribution in [0.5, 0.6) is 0 Å². The number of aryl methyl sites for hydroxylation is 3. The van der Waals surface area contributed by atoms with Crippen molar-refractivity contribution in [2.24, 2.45) is 0 Å². The van der Waals surface area contributed by atoms with E-state index in [1.165, 1.54) is 11.6 Å². The Morgan fingerprint density at radius 1 is 0.870 bits per heavy atom. The third-order valence-corrected chi connectivity index (χ3v) is 4.43. The zero-order valence-corrected chi connectivity index (χ0v) is 13.3. The van der Waals surface area contributed by atoms with Crippen LogP contribution >= 0.6 is 0 Å². The van der Waals surface area contributed by atoms with E-state index in [1.807, 2.05) is 26.0 Å². The first-order chi connectivity index (χ1) is 11.1. The molecule has 0 atom stereocenters. The van der Waals surface area contributed by atoms with Gasteiger partial charge in [-0.05, 0) is 44.0 Å². The third kappa shape index (κ3) is 2.04. The number of rotatable bonds is 1. The molecule has 0 N–H and O–H groups in total. The van der Waals surface area contributed by atoms with Crippen molar-refractivity contribution in [3.05, 3.63) is 65.0 Å². The normalized spacial score (nSPS) is 11.5.